The Morgan fingerprint density at radius 3 is 1.94 bits per heavy atom. The summed E-state index contributed by atoms with van der Waals surface area (Å²) in [5.41, 5.74) is 10.5. The van der Waals surface area contributed by atoms with Crippen LogP contribution >= 0.6 is 0 Å². The van der Waals surface area contributed by atoms with Crippen LogP contribution in [0.15, 0.2) is 152 Å². The molecule has 0 bridgehead atoms. The molecular weight excluding hydrogens is 1050 g/mol. The van der Waals surface area contributed by atoms with Gasteiger partial charge in [-0.05, 0) is 115 Å². The van der Waals surface area contributed by atoms with Crippen LogP contribution in [-0.4, -0.2) is 9.55 Å². The first-order valence-corrected chi connectivity index (χ1v) is 24.1. The standard InChI is InChI=1S/C65H65N4O.Pt/c1-42-32-61(66-40-56(42)45-18-16-19-47(33-45)63(5,6)7)69-57-23-15-14-22-54(57)55-30-29-53(39-59(55)69)70-52-21-17-20-50(38-52)67-41-68(51-36-48(64(8,9)10)35-49(37-51)65(11,12)13)60-34-44(26-31-58(60)67)43-24-27-46(28-25-43)62(2,3)4;/h14-37,40-41H,1-13H3;/q-3;/i1D3,16D,18D,19D,33D;. The number of hydrogen-bond donors (Lipinski definition) is 0. The normalized spacial score (nSPS) is 14.8. The van der Waals surface area contributed by atoms with E-state index >= 15 is 0 Å². The molecule has 0 unspecified atom stereocenters. The first-order valence-electron chi connectivity index (χ1n) is 27.6. The number of benzene rings is 7. The minimum absolute atomic E-state index is 0. The molecule has 0 fully saturated rings. The Morgan fingerprint density at radius 1 is 0.577 bits per heavy atom. The smallest absolute Gasteiger partial charge is 0.135 e. The van der Waals surface area contributed by atoms with Crippen molar-refractivity contribution in [1.82, 2.24) is 9.55 Å². The third-order valence-corrected chi connectivity index (χ3v) is 13.3. The molecule has 0 saturated heterocycles. The van der Waals surface area contributed by atoms with Crippen molar-refractivity contribution in [2.24, 2.45) is 0 Å². The molecule has 0 saturated carbocycles. The zero-order valence-corrected chi connectivity index (χ0v) is 45.0. The number of ether oxygens (including phenoxy) is 1. The van der Waals surface area contributed by atoms with Crippen LogP contribution in [0.5, 0.6) is 11.5 Å². The van der Waals surface area contributed by atoms with Gasteiger partial charge < -0.3 is 19.1 Å². The monoisotopic (exact) mass is 1120 g/mol. The molecule has 0 N–H and O–H groups in total. The molecule has 0 aliphatic carbocycles. The summed E-state index contributed by atoms with van der Waals surface area (Å²) >= 11 is 0. The van der Waals surface area contributed by atoms with Crippen molar-refractivity contribution < 1.29 is 35.4 Å². The van der Waals surface area contributed by atoms with Gasteiger partial charge in [-0.15, -0.1) is 48.1 Å². The minimum Gasteiger partial charge on any atom is -0.509 e. The van der Waals surface area contributed by atoms with Crippen LogP contribution in [0, 0.1) is 25.7 Å². The van der Waals surface area contributed by atoms with Gasteiger partial charge in [0.15, 0.2) is 0 Å². The minimum atomic E-state index is -2.70. The van der Waals surface area contributed by atoms with E-state index < -0.39 is 18.3 Å². The molecule has 71 heavy (non-hydrogen) atoms. The van der Waals surface area contributed by atoms with E-state index in [9.17, 15) is 1.37 Å². The molecule has 0 amide bonds. The van der Waals surface area contributed by atoms with Crippen LogP contribution < -0.4 is 14.5 Å². The Balaban J connectivity index is 0.00000740. The number of anilines is 4. The Labute approximate surface area is 446 Å². The van der Waals surface area contributed by atoms with Gasteiger partial charge in [0.1, 0.15) is 5.82 Å². The maximum absolute atomic E-state index is 9.22. The van der Waals surface area contributed by atoms with Crippen molar-refractivity contribution in [3.8, 4) is 39.6 Å². The Bertz CT molecular complexity index is 3770. The molecule has 2 aromatic heterocycles. The maximum Gasteiger partial charge on any atom is 0.135 e. The molecule has 5 nitrogen and oxygen atoms in total. The molecule has 3 heterocycles. The van der Waals surface area contributed by atoms with Crippen molar-refractivity contribution in [2.75, 3.05) is 9.80 Å². The second-order valence-electron chi connectivity index (χ2n) is 22.7. The van der Waals surface area contributed by atoms with Gasteiger partial charge in [-0.25, -0.2) is 4.98 Å². The zero-order valence-electron chi connectivity index (χ0n) is 49.7. The predicted octanol–water partition coefficient (Wildman–Crippen LogP) is 17.8. The molecule has 364 valence electrons. The Hall–Kier alpha value is -6.42. The summed E-state index contributed by atoms with van der Waals surface area (Å²) in [7, 11) is 0. The fraction of sp³-hybridized carbons (Fsp3) is 0.262. The molecule has 0 atom stereocenters. The van der Waals surface area contributed by atoms with Crippen LogP contribution in [-0.2, 0) is 42.7 Å². The second kappa shape index (κ2) is 18.3. The van der Waals surface area contributed by atoms with Gasteiger partial charge in [-0.3, -0.25) is 0 Å². The number of rotatable bonds is 7. The van der Waals surface area contributed by atoms with E-state index in [4.69, 9.17) is 17.9 Å². The third kappa shape index (κ3) is 9.71. The summed E-state index contributed by atoms with van der Waals surface area (Å²) < 4.78 is 70.2. The van der Waals surface area contributed by atoms with E-state index in [0.717, 1.165) is 50.2 Å². The van der Waals surface area contributed by atoms with Crippen molar-refractivity contribution in [3.63, 3.8) is 0 Å². The van der Waals surface area contributed by atoms with Gasteiger partial charge in [-0.2, -0.15) is 12.1 Å². The first kappa shape index (κ1) is 41.2. The summed E-state index contributed by atoms with van der Waals surface area (Å²) in [6.07, 6.45) is 1.38. The van der Waals surface area contributed by atoms with Crippen LogP contribution in [0.2, 0.25) is 0 Å². The summed E-state index contributed by atoms with van der Waals surface area (Å²) in [5, 5.41) is 1.73. The van der Waals surface area contributed by atoms with Gasteiger partial charge in [0.2, 0.25) is 0 Å². The van der Waals surface area contributed by atoms with E-state index in [1.165, 1.54) is 29.0 Å². The average molecular weight is 1120 g/mol. The van der Waals surface area contributed by atoms with Gasteiger partial charge in [-0.1, -0.05) is 167 Å². The molecule has 10 rings (SSSR count). The van der Waals surface area contributed by atoms with Crippen LogP contribution in [0.4, 0.5) is 22.7 Å². The molecule has 1 aliphatic heterocycles. The van der Waals surface area contributed by atoms with Gasteiger partial charge in [0.25, 0.3) is 0 Å². The van der Waals surface area contributed by atoms with Crippen molar-refractivity contribution in [3.05, 3.63) is 198 Å². The number of pyridine rings is 1. The molecule has 6 heteroatoms. The number of aryl methyl sites for hydroxylation is 1. The first-order chi connectivity index (χ1) is 36.0. The quantitative estimate of drug-likeness (QED) is 0.149. The summed E-state index contributed by atoms with van der Waals surface area (Å²) in [4.78, 5) is 9.28. The molecule has 9 aromatic rings. The van der Waals surface area contributed by atoms with Gasteiger partial charge in [0, 0.05) is 71.0 Å². The van der Waals surface area contributed by atoms with Crippen LogP contribution in [0.1, 0.15) is 120 Å². The molecule has 0 spiro atoms. The predicted molar refractivity (Wildman–Crippen MR) is 295 cm³/mol. The number of aromatic nitrogens is 2. The summed E-state index contributed by atoms with van der Waals surface area (Å²) in [5.74, 6) is 1.14. The van der Waals surface area contributed by atoms with E-state index in [1.807, 2.05) is 79.9 Å². The fourth-order valence-corrected chi connectivity index (χ4v) is 9.06. The van der Waals surface area contributed by atoms with E-state index in [0.29, 0.717) is 17.0 Å². The second-order valence-corrected chi connectivity index (χ2v) is 22.7. The number of para-hydroxylation sites is 1. The van der Waals surface area contributed by atoms with Crippen molar-refractivity contribution in [2.45, 2.75) is 112 Å². The molecular formula is C65H65N4OPt-3. The maximum atomic E-state index is 9.22. The topological polar surface area (TPSA) is 33.5 Å². The number of nitrogens with zero attached hydrogens (tertiary/aromatic N) is 4. The Morgan fingerprint density at radius 2 is 1.25 bits per heavy atom. The summed E-state index contributed by atoms with van der Waals surface area (Å²) in [6, 6.07) is 47.3. The number of fused-ring (bicyclic) bond motifs is 4. The van der Waals surface area contributed by atoms with Crippen LogP contribution in [0.25, 0.3) is 49.9 Å². The Kier molecular flexibility index (Phi) is 10.6. The number of hydrogen-bond acceptors (Lipinski definition) is 4. The molecule has 0 radical (unpaired) electrons. The fourth-order valence-electron chi connectivity index (χ4n) is 9.06. The largest absolute Gasteiger partial charge is 0.509 e. The van der Waals surface area contributed by atoms with Crippen LogP contribution in [0.3, 0.4) is 0 Å². The van der Waals surface area contributed by atoms with Crippen molar-refractivity contribution in [1.29, 1.82) is 0 Å². The van der Waals surface area contributed by atoms with E-state index in [-0.39, 0.29) is 83.5 Å². The van der Waals surface area contributed by atoms with E-state index in [2.05, 4.69) is 152 Å². The van der Waals surface area contributed by atoms with Crippen molar-refractivity contribution >= 4 is 44.6 Å². The molecule has 1 aliphatic rings. The van der Waals surface area contributed by atoms with Gasteiger partial charge in [0.05, 0.1) is 5.48 Å². The third-order valence-electron chi connectivity index (χ3n) is 13.3. The summed E-state index contributed by atoms with van der Waals surface area (Å²) in [6.45, 7) is 25.2. The SMILES string of the molecule is [2H]c1c([2H])c(-c2cnc(-n3c4[c-]c(Oc5[c-]c(N6[CH-]N(c7cc(C(C)(C)C)cc(C(C)(C)C)c7)c7cc(-c8ccc(C(C)(C)C)cc8)ccc76)ccc5)ccc4c4ccccc43)cc2C([2H])([2H])[2H])c([2H])c(C(C)(C)C)c1[2H].[Pt]. The van der Waals surface area contributed by atoms with Gasteiger partial charge >= 0.3 is 0 Å². The molecule has 7 aromatic carbocycles. The van der Waals surface area contributed by atoms with E-state index in [1.54, 1.807) is 0 Å². The zero-order chi connectivity index (χ0) is 55.5. The average Bonchev–Trinajstić information content (AvgIpc) is 4.12.